The Balaban J connectivity index is 4.01. The van der Waals surface area contributed by atoms with Crippen molar-refractivity contribution in [1.82, 2.24) is 5.32 Å². The molecule has 4 nitrogen and oxygen atoms in total. The Morgan fingerprint density at radius 1 is 1.32 bits per heavy atom. The molecule has 19 heavy (non-hydrogen) atoms. The average molecular weight is 301 g/mol. The Labute approximate surface area is 114 Å². The van der Waals surface area contributed by atoms with Gasteiger partial charge in [-0.15, -0.1) is 0 Å². The van der Waals surface area contributed by atoms with Crippen LogP contribution in [-0.4, -0.2) is 40.7 Å². The second kappa shape index (κ2) is 9.06. The molecule has 0 saturated carbocycles. The van der Waals surface area contributed by atoms with Crippen molar-refractivity contribution in [3.63, 3.8) is 0 Å². The Hall–Kier alpha value is -0.920. The van der Waals surface area contributed by atoms with Crippen molar-refractivity contribution < 1.29 is 27.9 Å². The molecule has 0 aliphatic rings. The first kappa shape index (κ1) is 18.1. The van der Waals surface area contributed by atoms with Gasteiger partial charge in [-0.1, -0.05) is 13.3 Å². The maximum atomic E-state index is 12.1. The van der Waals surface area contributed by atoms with Crippen molar-refractivity contribution in [3.05, 3.63) is 0 Å². The second-order valence-electron chi connectivity index (χ2n) is 3.99. The van der Waals surface area contributed by atoms with Crippen molar-refractivity contribution in [2.45, 2.75) is 44.8 Å². The van der Waals surface area contributed by atoms with E-state index in [0.29, 0.717) is 5.75 Å². The minimum absolute atomic E-state index is 0.0238. The number of alkyl halides is 3. The first-order chi connectivity index (χ1) is 8.76. The zero-order valence-corrected chi connectivity index (χ0v) is 11.4. The van der Waals surface area contributed by atoms with Crippen molar-refractivity contribution in [2.24, 2.45) is 0 Å². The van der Waals surface area contributed by atoms with Crippen LogP contribution in [-0.2, 0) is 9.59 Å². The average Bonchev–Trinajstić information content (AvgIpc) is 2.26. The van der Waals surface area contributed by atoms with E-state index in [9.17, 15) is 22.8 Å². The summed E-state index contributed by atoms with van der Waals surface area (Å²) in [4.78, 5) is 21.9. The third kappa shape index (κ3) is 10.7. The summed E-state index contributed by atoms with van der Waals surface area (Å²) in [6.45, 7) is 2.03. The van der Waals surface area contributed by atoms with Crippen LogP contribution < -0.4 is 5.32 Å². The molecule has 0 rings (SSSR count). The smallest absolute Gasteiger partial charge is 0.391 e. The molecule has 0 bridgehead atoms. The van der Waals surface area contributed by atoms with Gasteiger partial charge in [0.05, 0.1) is 6.42 Å². The van der Waals surface area contributed by atoms with Gasteiger partial charge in [-0.3, -0.25) is 4.79 Å². The summed E-state index contributed by atoms with van der Waals surface area (Å²) in [6.07, 6.45) is -4.11. The topological polar surface area (TPSA) is 66.4 Å². The standard InChI is InChI=1S/C11H18F3NO3S/c1-2-3-5-19-6-4-9(16)15-8(10(17)18)7-11(12,13)14/h8H,2-7H2,1H3,(H,15,16)(H,17,18). The van der Waals surface area contributed by atoms with Crippen molar-refractivity contribution in [2.75, 3.05) is 11.5 Å². The summed E-state index contributed by atoms with van der Waals surface area (Å²) in [5.74, 6) is -0.983. The zero-order valence-electron chi connectivity index (χ0n) is 10.6. The quantitative estimate of drug-likeness (QED) is 0.642. The number of carbonyl (C=O) groups excluding carboxylic acids is 1. The number of aliphatic carboxylic acids is 1. The Kier molecular flexibility index (Phi) is 8.62. The van der Waals surface area contributed by atoms with Crippen molar-refractivity contribution >= 4 is 23.6 Å². The fourth-order valence-corrected chi connectivity index (χ4v) is 2.24. The second-order valence-corrected chi connectivity index (χ2v) is 5.22. The summed E-state index contributed by atoms with van der Waals surface area (Å²) in [5, 5.41) is 10.5. The van der Waals surface area contributed by atoms with Crippen LogP contribution in [0.15, 0.2) is 0 Å². The van der Waals surface area contributed by atoms with Gasteiger partial charge in [0.15, 0.2) is 0 Å². The molecular formula is C11H18F3NO3S. The number of halogens is 3. The van der Waals surface area contributed by atoms with Gasteiger partial charge in [-0.05, 0) is 12.2 Å². The lowest BCUT2D eigenvalue weighted by molar-refractivity contribution is -0.159. The predicted molar refractivity (Wildman–Crippen MR) is 67.1 cm³/mol. The monoisotopic (exact) mass is 301 g/mol. The summed E-state index contributed by atoms with van der Waals surface area (Å²) in [7, 11) is 0. The van der Waals surface area contributed by atoms with Gasteiger partial charge < -0.3 is 10.4 Å². The van der Waals surface area contributed by atoms with E-state index >= 15 is 0 Å². The van der Waals surface area contributed by atoms with Crippen LogP contribution in [0.3, 0.4) is 0 Å². The third-order valence-corrected chi connectivity index (χ3v) is 3.25. The first-order valence-electron chi connectivity index (χ1n) is 5.93. The van der Waals surface area contributed by atoms with Crippen molar-refractivity contribution in [3.8, 4) is 0 Å². The molecule has 0 spiro atoms. The van der Waals surface area contributed by atoms with Gasteiger partial charge >= 0.3 is 12.1 Å². The van der Waals surface area contributed by atoms with E-state index in [1.807, 2.05) is 12.2 Å². The van der Waals surface area contributed by atoms with Gasteiger partial charge in [0.1, 0.15) is 6.04 Å². The van der Waals surface area contributed by atoms with Gasteiger partial charge in [0.25, 0.3) is 0 Å². The highest BCUT2D eigenvalue weighted by Crippen LogP contribution is 2.21. The Morgan fingerprint density at radius 2 is 1.95 bits per heavy atom. The SMILES string of the molecule is CCCCSCCC(=O)NC(CC(F)(F)F)C(=O)O. The molecule has 0 aliphatic heterocycles. The minimum Gasteiger partial charge on any atom is -0.480 e. The van der Waals surface area contributed by atoms with E-state index < -0.39 is 30.5 Å². The maximum Gasteiger partial charge on any atom is 0.391 e. The third-order valence-electron chi connectivity index (χ3n) is 2.18. The molecule has 2 N–H and O–H groups in total. The van der Waals surface area contributed by atoms with Crippen LogP contribution >= 0.6 is 11.8 Å². The minimum atomic E-state index is -4.62. The number of hydrogen-bond donors (Lipinski definition) is 2. The first-order valence-corrected chi connectivity index (χ1v) is 7.08. The molecule has 8 heteroatoms. The maximum absolute atomic E-state index is 12.1. The largest absolute Gasteiger partial charge is 0.480 e. The molecular weight excluding hydrogens is 283 g/mol. The number of carboxylic acids is 1. The summed E-state index contributed by atoms with van der Waals surface area (Å²) in [5.41, 5.74) is 0. The fraction of sp³-hybridized carbons (Fsp3) is 0.818. The number of nitrogens with one attached hydrogen (secondary N) is 1. The lowest BCUT2D eigenvalue weighted by atomic mass is 10.2. The highest BCUT2D eigenvalue weighted by molar-refractivity contribution is 7.99. The van der Waals surface area contributed by atoms with Crippen LogP contribution in [0.25, 0.3) is 0 Å². The van der Waals surface area contributed by atoms with E-state index in [-0.39, 0.29) is 6.42 Å². The van der Waals surface area contributed by atoms with Gasteiger partial charge in [0, 0.05) is 12.2 Å². The molecule has 1 atom stereocenters. The number of amides is 1. The normalized spacial score (nSPS) is 13.1. The van der Waals surface area contributed by atoms with Crippen LogP contribution in [0.5, 0.6) is 0 Å². The highest BCUT2D eigenvalue weighted by Gasteiger charge is 2.36. The zero-order chi connectivity index (χ0) is 14.9. The van der Waals surface area contributed by atoms with E-state index in [4.69, 9.17) is 5.11 Å². The van der Waals surface area contributed by atoms with Crippen LogP contribution in [0, 0.1) is 0 Å². The molecule has 0 radical (unpaired) electrons. The van der Waals surface area contributed by atoms with Crippen LogP contribution in [0.4, 0.5) is 13.2 Å². The van der Waals surface area contributed by atoms with E-state index in [2.05, 4.69) is 0 Å². The number of rotatable bonds is 9. The summed E-state index contributed by atoms with van der Waals surface area (Å²) < 4.78 is 36.3. The fourth-order valence-electron chi connectivity index (χ4n) is 1.21. The lowest BCUT2D eigenvalue weighted by Crippen LogP contribution is -2.43. The molecule has 0 aromatic carbocycles. The molecule has 0 aromatic rings. The van der Waals surface area contributed by atoms with E-state index in [0.717, 1.165) is 18.6 Å². The predicted octanol–water partition coefficient (Wildman–Crippen LogP) is 2.43. The Bertz CT molecular complexity index is 297. The lowest BCUT2D eigenvalue weighted by Gasteiger charge is -2.16. The molecule has 0 aromatic heterocycles. The summed E-state index contributed by atoms with van der Waals surface area (Å²) >= 11 is 1.52. The number of carboxylic acid groups (broad SMARTS) is 1. The number of carbonyl (C=O) groups is 2. The molecule has 112 valence electrons. The highest BCUT2D eigenvalue weighted by atomic mass is 32.2. The van der Waals surface area contributed by atoms with E-state index in [1.165, 1.54) is 11.8 Å². The molecule has 1 amide bonds. The molecule has 0 fully saturated rings. The van der Waals surface area contributed by atoms with Crippen molar-refractivity contribution in [1.29, 1.82) is 0 Å². The number of unbranched alkanes of at least 4 members (excludes halogenated alkanes) is 1. The van der Waals surface area contributed by atoms with Crippen LogP contribution in [0.2, 0.25) is 0 Å². The molecule has 1 unspecified atom stereocenters. The van der Waals surface area contributed by atoms with E-state index in [1.54, 1.807) is 0 Å². The van der Waals surface area contributed by atoms with Gasteiger partial charge in [-0.25, -0.2) is 4.79 Å². The summed E-state index contributed by atoms with van der Waals surface area (Å²) in [6, 6.07) is -1.91. The molecule has 0 aliphatic carbocycles. The molecule has 0 heterocycles. The number of thioether (sulfide) groups is 1. The Morgan fingerprint density at radius 3 is 2.42 bits per heavy atom. The number of hydrogen-bond acceptors (Lipinski definition) is 3. The van der Waals surface area contributed by atoms with Crippen LogP contribution in [0.1, 0.15) is 32.6 Å². The van der Waals surface area contributed by atoms with Gasteiger partial charge in [0.2, 0.25) is 5.91 Å². The van der Waals surface area contributed by atoms with Gasteiger partial charge in [-0.2, -0.15) is 24.9 Å². The molecule has 0 saturated heterocycles.